The number of para-hydroxylation sites is 1. The number of halogens is 1. The lowest BCUT2D eigenvalue weighted by atomic mass is 10.2. The number of ether oxygens (including phenoxy) is 1. The average Bonchev–Trinajstić information content (AvgIpc) is 2.41. The van der Waals surface area contributed by atoms with E-state index < -0.39 is 17.8 Å². The third kappa shape index (κ3) is 3.57. The van der Waals surface area contributed by atoms with Crippen molar-refractivity contribution in [3.8, 4) is 5.75 Å². The van der Waals surface area contributed by atoms with Crippen molar-refractivity contribution in [2.75, 3.05) is 5.32 Å². The molecule has 20 heavy (non-hydrogen) atoms. The van der Waals surface area contributed by atoms with Gasteiger partial charge in [0.25, 0.3) is 5.91 Å². The van der Waals surface area contributed by atoms with E-state index in [1.54, 1.807) is 25.1 Å². The van der Waals surface area contributed by atoms with Crippen molar-refractivity contribution < 1.29 is 13.9 Å². The normalized spacial score (nSPS) is 11.8. The van der Waals surface area contributed by atoms with Crippen molar-refractivity contribution in [1.29, 1.82) is 0 Å². The molecule has 0 bridgehead atoms. The van der Waals surface area contributed by atoms with Crippen molar-refractivity contribution >= 4 is 11.6 Å². The lowest BCUT2D eigenvalue weighted by Gasteiger charge is -2.15. The first-order valence-electron chi connectivity index (χ1n) is 6.35. The molecule has 104 valence electrons. The standard InChI is InChI=1S/C16H16FNO2/c1-11-6-5-7-13(10-11)20-12(2)16(19)18-15-9-4-3-8-14(15)17/h3-10,12H,1-2H3,(H,18,19). The molecule has 2 rings (SSSR count). The second-order valence-electron chi connectivity index (χ2n) is 4.55. The van der Waals surface area contributed by atoms with Gasteiger partial charge in [-0.15, -0.1) is 0 Å². The van der Waals surface area contributed by atoms with Crippen molar-refractivity contribution in [3.63, 3.8) is 0 Å². The van der Waals surface area contributed by atoms with Crippen LogP contribution in [0, 0.1) is 12.7 Å². The third-order valence-corrected chi connectivity index (χ3v) is 2.80. The largest absolute Gasteiger partial charge is 0.481 e. The van der Waals surface area contributed by atoms with Crippen LogP contribution in [-0.2, 0) is 4.79 Å². The molecule has 0 spiro atoms. The Kier molecular flexibility index (Phi) is 4.35. The first-order valence-corrected chi connectivity index (χ1v) is 6.35. The van der Waals surface area contributed by atoms with E-state index in [9.17, 15) is 9.18 Å². The zero-order chi connectivity index (χ0) is 14.5. The van der Waals surface area contributed by atoms with E-state index in [-0.39, 0.29) is 5.69 Å². The molecule has 0 heterocycles. The molecule has 1 amide bonds. The summed E-state index contributed by atoms with van der Waals surface area (Å²) < 4.78 is 19.0. The van der Waals surface area contributed by atoms with Crippen LogP contribution in [0.3, 0.4) is 0 Å². The molecular formula is C16H16FNO2. The van der Waals surface area contributed by atoms with Gasteiger partial charge in [0.15, 0.2) is 6.10 Å². The molecule has 3 nitrogen and oxygen atoms in total. The van der Waals surface area contributed by atoms with E-state index in [0.29, 0.717) is 5.75 Å². The Bertz CT molecular complexity index is 613. The van der Waals surface area contributed by atoms with E-state index in [4.69, 9.17) is 4.74 Å². The highest BCUT2D eigenvalue weighted by Crippen LogP contribution is 2.16. The Labute approximate surface area is 117 Å². The molecule has 4 heteroatoms. The average molecular weight is 273 g/mol. The number of amides is 1. The van der Waals surface area contributed by atoms with E-state index in [0.717, 1.165) is 5.56 Å². The van der Waals surface area contributed by atoms with Crippen LogP contribution < -0.4 is 10.1 Å². The molecular weight excluding hydrogens is 257 g/mol. The second kappa shape index (κ2) is 6.19. The van der Waals surface area contributed by atoms with Gasteiger partial charge in [0.05, 0.1) is 5.69 Å². The minimum absolute atomic E-state index is 0.150. The molecule has 0 radical (unpaired) electrons. The fourth-order valence-electron chi connectivity index (χ4n) is 1.74. The number of carbonyl (C=O) groups is 1. The van der Waals surface area contributed by atoms with Gasteiger partial charge in [0.1, 0.15) is 11.6 Å². The minimum atomic E-state index is -0.712. The fourth-order valence-corrected chi connectivity index (χ4v) is 1.74. The maximum Gasteiger partial charge on any atom is 0.265 e. The maximum absolute atomic E-state index is 13.4. The van der Waals surface area contributed by atoms with Crippen LogP contribution in [0.25, 0.3) is 0 Å². The molecule has 0 aliphatic heterocycles. The molecule has 0 aliphatic carbocycles. The van der Waals surface area contributed by atoms with Crippen LogP contribution in [0.4, 0.5) is 10.1 Å². The van der Waals surface area contributed by atoms with Crippen LogP contribution in [-0.4, -0.2) is 12.0 Å². The molecule has 2 aromatic carbocycles. The van der Waals surface area contributed by atoms with Gasteiger partial charge in [-0.3, -0.25) is 4.79 Å². The smallest absolute Gasteiger partial charge is 0.265 e. The number of hydrogen-bond acceptors (Lipinski definition) is 2. The first-order chi connectivity index (χ1) is 9.56. The van der Waals surface area contributed by atoms with Gasteiger partial charge in [0, 0.05) is 0 Å². The van der Waals surface area contributed by atoms with Crippen LogP contribution in [0.5, 0.6) is 5.75 Å². The number of rotatable bonds is 4. The van der Waals surface area contributed by atoms with Gasteiger partial charge >= 0.3 is 0 Å². The number of hydrogen-bond donors (Lipinski definition) is 1. The third-order valence-electron chi connectivity index (χ3n) is 2.80. The van der Waals surface area contributed by atoms with Gasteiger partial charge in [-0.25, -0.2) is 4.39 Å². The topological polar surface area (TPSA) is 38.3 Å². The number of nitrogens with one attached hydrogen (secondary N) is 1. The van der Waals surface area contributed by atoms with Crippen LogP contribution >= 0.6 is 0 Å². The highest BCUT2D eigenvalue weighted by Gasteiger charge is 2.16. The zero-order valence-corrected chi connectivity index (χ0v) is 11.4. The Morgan fingerprint density at radius 1 is 1.20 bits per heavy atom. The summed E-state index contributed by atoms with van der Waals surface area (Å²) in [5, 5.41) is 2.51. The quantitative estimate of drug-likeness (QED) is 0.925. The molecule has 1 atom stereocenters. The van der Waals surface area contributed by atoms with Crippen molar-refractivity contribution in [3.05, 3.63) is 59.9 Å². The van der Waals surface area contributed by atoms with Gasteiger partial charge in [-0.05, 0) is 43.7 Å². The predicted molar refractivity (Wildman–Crippen MR) is 76.3 cm³/mol. The monoisotopic (exact) mass is 273 g/mol. The molecule has 0 aliphatic rings. The Morgan fingerprint density at radius 3 is 2.65 bits per heavy atom. The zero-order valence-electron chi connectivity index (χ0n) is 11.4. The van der Waals surface area contributed by atoms with Crippen molar-refractivity contribution in [1.82, 2.24) is 0 Å². The molecule has 0 fully saturated rings. The van der Waals surface area contributed by atoms with Gasteiger partial charge in [0.2, 0.25) is 0 Å². The Morgan fingerprint density at radius 2 is 1.95 bits per heavy atom. The van der Waals surface area contributed by atoms with Crippen molar-refractivity contribution in [2.24, 2.45) is 0 Å². The fraction of sp³-hybridized carbons (Fsp3) is 0.188. The molecule has 2 aromatic rings. The van der Waals surface area contributed by atoms with Crippen LogP contribution in [0.2, 0.25) is 0 Å². The second-order valence-corrected chi connectivity index (χ2v) is 4.55. The molecule has 1 unspecified atom stereocenters. The first kappa shape index (κ1) is 14.1. The summed E-state index contributed by atoms with van der Waals surface area (Å²) in [4.78, 5) is 12.0. The molecule has 0 aromatic heterocycles. The maximum atomic E-state index is 13.4. The van der Waals surface area contributed by atoms with E-state index in [2.05, 4.69) is 5.32 Å². The summed E-state index contributed by atoms with van der Waals surface area (Å²) in [6.45, 7) is 3.56. The SMILES string of the molecule is Cc1cccc(OC(C)C(=O)Nc2ccccc2F)c1. The van der Waals surface area contributed by atoms with Crippen LogP contribution in [0.1, 0.15) is 12.5 Å². The molecule has 1 N–H and O–H groups in total. The number of carbonyl (C=O) groups excluding carboxylic acids is 1. The summed E-state index contributed by atoms with van der Waals surface area (Å²) in [7, 11) is 0. The Balaban J connectivity index is 2.01. The van der Waals surface area contributed by atoms with Crippen LogP contribution in [0.15, 0.2) is 48.5 Å². The summed E-state index contributed by atoms with van der Waals surface area (Å²) in [5.41, 5.74) is 1.20. The van der Waals surface area contributed by atoms with E-state index in [1.807, 2.05) is 25.1 Å². The lowest BCUT2D eigenvalue weighted by molar-refractivity contribution is -0.122. The Hall–Kier alpha value is -2.36. The van der Waals surface area contributed by atoms with E-state index >= 15 is 0 Å². The molecule has 0 saturated carbocycles. The highest BCUT2D eigenvalue weighted by molar-refractivity contribution is 5.94. The van der Waals surface area contributed by atoms with Gasteiger partial charge in [-0.2, -0.15) is 0 Å². The summed E-state index contributed by atoms with van der Waals surface area (Å²) in [5.74, 6) is -0.249. The summed E-state index contributed by atoms with van der Waals surface area (Å²) in [6.07, 6.45) is -0.712. The van der Waals surface area contributed by atoms with Gasteiger partial charge < -0.3 is 10.1 Å². The number of anilines is 1. The molecule has 0 saturated heterocycles. The minimum Gasteiger partial charge on any atom is -0.481 e. The van der Waals surface area contributed by atoms with Crippen molar-refractivity contribution in [2.45, 2.75) is 20.0 Å². The number of aryl methyl sites for hydroxylation is 1. The van der Waals surface area contributed by atoms with E-state index in [1.165, 1.54) is 12.1 Å². The lowest BCUT2D eigenvalue weighted by Crippen LogP contribution is -2.30. The van der Waals surface area contributed by atoms with Gasteiger partial charge in [-0.1, -0.05) is 24.3 Å². The summed E-state index contributed by atoms with van der Waals surface area (Å²) in [6, 6.07) is 13.4. The summed E-state index contributed by atoms with van der Waals surface area (Å²) >= 11 is 0. The predicted octanol–water partition coefficient (Wildman–Crippen LogP) is 3.54. The number of benzene rings is 2. The highest BCUT2D eigenvalue weighted by atomic mass is 19.1.